The Morgan fingerprint density at radius 1 is 0.914 bits per heavy atom. The zero-order chi connectivity index (χ0) is 24.7. The summed E-state index contributed by atoms with van der Waals surface area (Å²) < 4.78 is 27.8. The Morgan fingerprint density at radius 2 is 1.63 bits per heavy atom. The number of carbonyl (C=O) groups excluding carboxylic acids is 2. The van der Waals surface area contributed by atoms with Gasteiger partial charge < -0.3 is 5.32 Å². The third-order valence-corrected chi connectivity index (χ3v) is 7.50. The maximum atomic E-state index is 12.9. The van der Waals surface area contributed by atoms with Crippen molar-refractivity contribution >= 4 is 72.9 Å². The van der Waals surface area contributed by atoms with Gasteiger partial charge in [-0.15, -0.1) is 0 Å². The minimum absolute atomic E-state index is 0.0154. The first-order valence-corrected chi connectivity index (χ1v) is 12.7. The van der Waals surface area contributed by atoms with Crippen LogP contribution in [0.5, 0.6) is 0 Å². The van der Waals surface area contributed by atoms with Crippen molar-refractivity contribution in [1.82, 2.24) is 0 Å². The Bertz CT molecular complexity index is 1600. The fraction of sp³-hybridized carbons (Fsp3) is 0.0400. The fourth-order valence-corrected chi connectivity index (χ4v) is 5.57. The summed E-state index contributed by atoms with van der Waals surface area (Å²) in [6, 6.07) is 21.1. The highest BCUT2D eigenvalue weighted by Crippen LogP contribution is 2.37. The molecule has 0 aliphatic carbocycles. The van der Waals surface area contributed by atoms with Gasteiger partial charge in [-0.1, -0.05) is 47.5 Å². The van der Waals surface area contributed by atoms with Gasteiger partial charge in [0, 0.05) is 21.7 Å². The van der Waals surface area contributed by atoms with Gasteiger partial charge in [0.05, 0.1) is 21.3 Å². The number of hydrogen-bond acceptors (Lipinski definition) is 4. The highest BCUT2D eigenvalue weighted by molar-refractivity contribution is 7.92. The van der Waals surface area contributed by atoms with Crippen LogP contribution in [0.4, 0.5) is 17.1 Å². The molecule has 0 saturated heterocycles. The summed E-state index contributed by atoms with van der Waals surface area (Å²) in [6.45, 7) is -0.177. The van der Waals surface area contributed by atoms with Crippen molar-refractivity contribution in [1.29, 1.82) is 0 Å². The Balaban J connectivity index is 1.28. The van der Waals surface area contributed by atoms with Crippen LogP contribution < -0.4 is 14.9 Å². The lowest BCUT2D eigenvalue weighted by atomic mass is 10.1. The molecule has 10 heteroatoms. The number of nitrogens with zero attached hydrogens (tertiary/aromatic N) is 1. The van der Waals surface area contributed by atoms with Crippen LogP contribution in [0.1, 0.15) is 10.4 Å². The molecule has 5 rings (SSSR count). The summed E-state index contributed by atoms with van der Waals surface area (Å²) in [5, 5.41) is 5.02. The van der Waals surface area contributed by atoms with E-state index < -0.39 is 15.9 Å². The van der Waals surface area contributed by atoms with Gasteiger partial charge in [0.15, 0.2) is 0 Å². The molecule has 0 atom stereocenters. The lowest BCUT2D eigenvalue weighted by molar-refractivity contribution is -0.114. The van der Waals surface area contributed by atoms with Gasteiger partial charge in [0.1, 0.15) is 6.54 Å². The molecule has 0 aromatic heterocycles. The quantitative estimate of drug-likeness (QED) is 0.345. The number of hydrogen-bond donors (Lipinski definition) is 2. The van der Waals surface area contributed by atoms with E-state index in [-0.39, 0.29) is 28.1 Å². The Kier molecular flexibility index (Phi) is 5.88. The number of nitrogens with one attached hydrogen (secondary N) is 2. The van der Waals surface area contributed by atoms with Crippen LogP contribution in [0, 0.1) is 0 Å². The van der Waals surface area contributed by atoms with Crippen molar-refractivity contribution < 1.29 is 18.0 Å². The summed E-state index contributed by atoms with van der Waals surface area (Å²) in [6.07, 6.45) is 0. The smallest absolute Gasteiger partial charge is 0.261 e. The van der Waals surface area contributed by atoms with Gasteiger partial charge in [-0.05, 0) is 60.0 Å². The highest BCUT2D eigenvalue weighted by atomic mass is 35.5. The number of anilines is 3. The Hall–Kier alpha value is -3.59. The molecule has 0 radical (unpaired) electrons. The fourth-order valence-electron chi connectivity index (χ4n) is 3.97. The number of carbonyl (C=O) groups is 2. The van der Waals surface area contributed by atoms with E-state index in [1.807, 2.05) is 30.3 Å². The van der Waals surface area contributed by atoms with Crippen LogP contribution in [-0.4, -0.2) is 26.8 Å². The minimum Gasteiger partial charge on any atom is -0.325 e. The first-order chi connectivity index (χ1) is 16.7. The van der Waals surface area contributed by atoms with Crippen LogP contribution in [0.2, 0.25) is 10.0 Å². The number of halogens is 2. The van der Waals surface area contributed by atoms with E-state index in [0.717, 1.165) is 10.8 Å². The molecule has 1 aliphatic heterocycles. The summed E-state index contributed by atoms with van der Waals surface area (Å²) in [7, 11) is -3.92. The summed E-state index contributed by atoms with van der Waals surface area (Å²) in [5.41, 5.74) is 1.83. The zero-order valence-corrected chi connectivity index (χ0v) is 20.3. The highest BCUT2D eigenvalue weighted by Gasteiger charge is 2.30. The molecule has 0 fully saturated rings. The molecule has 176 valence electrons. The zero-order valence-electron chi connectivity index (χ0n) is 18.0. The average molecular weight is 526 g/mol. The molecule has 0 saturated carbocycles. The van der Waals surface area contributed by atoms with Crippen LogP contribution in [0.3, 0.4) is 0 Å². The molecule has 35 heavy (non-hydrogen) atoms. The van der Waals surface area contributed by atoms with Crippen molar-refractivity contribution in [3.63, 3.8) is 0 Å². The second kappa shape index (κ2) is 8.88. The molecule has 2 N–H and O–H groups in total. The van der Waals surface area contributed by atoms with Gasteiger partial charge >= 0.3 is 0 Å². The summed E-state index contributed by atoms with van der Waals surface area (Å²) in [5.74, 6) is -0.648. The number of sulfonamides is 1. The van der Waals surface area contributed by atoms with Gasteiger partial charge in [-0.3, -0.25) is 19.2 Å². The maximum Gasteiger partial charge on any atom is 0.261 e. The van der Waals surface area contributed by atoms with Crippen LogP contribution in [0.15, 0.2) is 83.8 Å². The largest absolute Gasteiger partial charge is 0.325 e. The van der Waals surface area contributed by atoms with Gasteiger partial charge in [0.2, 0.25) is 5.91 Å². The van der Waals surface area contributed by atoms with Crippen molar-refractivity contribution in [2.24, 2.45) is 0 Å². The lowest BCUT2D eigenvalue weighted by Gasteiger charge is -2.17. The molecule has 4 aromatic carbocycles. The predicted octanol–water partition coefficient (Wildman–Crippen LogP) is 5.55. The van der Waals surface area contributed by atoms with Crippen LogP contribution in [-0.2, 0) is 14.8 Å². The van der Waals surface area contributed by atoms with Crippen molar-refractivity contribution in [3.05, 3.63) is 94.5 Å². The maximum absolute atomic E-state index is 12.9. The molecule has 4 aromatic rings. The van der Waals surface area contributed by atoms with Gasteiger partial charge in [-0.2, -0.15) is 0 Å². The van der Waals surface area contributed by atoms with E-state index in [9.17, 15) is 18.0 Å². The third-order valence-electron chi connectivity index (χ3n) is 5.57. The molecular weight excluding hydrogens is 509 g/mol. The van der Waals surface area contributed by atoms with Gasteiger partial charge in [0.25, 0.3) is 15.9 Å². The normalized spacial score (nSPS) is 12.7. The molecule has 2 amide bonds. The average Bonchev–Trinajstić information content (AvgIpc) is 3.09. The predicted molar refractivity (Wildman–Crippen MR) is 138 cm³/mol. The molecule has 7 nitrogen and oxygen atoms in total. The van der Waals surface area contributed by atoms with E-state index in [1.54, 1.807) is 6.07 Å². The van der Waals surface area contributed by atoms with E-state index in [0.29, 0.717) is 22.0 Å². The molecule has 0 spiro atoms. The number of amides is 2. The number of benzene rings is 4. The second-order valence-electron chi connectivity index (χ2n) is 7.87. The number of rotatable bonds is 6. The van der Waals surface area contributed by atoms with Crippen LogP contribution in [0.25, 0.3) is 10.8 Å². The SMILES string of the molecule is O=C(CN1C(=O)c2cccc3cccc1c23)Nc1ccc(S(=O)(=O)Nc2ccc(Cl)cc2Cl)cc1. The van der Waals surface area contributed by atoms with E-state index in [2.05, 4.69) is 10.0 Å². The topological polar surface area (TPSA) is 95.6 Å². The molecule has 1 heterocycles. The Morgan fingerprint density at radius 3 is 2.34 bits per heavy atom. The van der Waals surface area contributed by atoms with Crippen LogP contribution >= 0.6 is 23.2 Å². The first kappa shape index (κ1) is 23.2. The van der Waals surface area contributed by atoms with E-state index in [1.165, 1.54) is 47.4 Å². The first-order valence-electron chi connectivity index (χ1n) is 10.4. The molecular formula is C25H17Cl2N3O4S. The Labute approximate surface area is 211 Å². The molecule has 1 aliphatic rings. The lowest BCUT2D eigenvalue weighted by Crippen LogP contribution is -2.35. The standard InChI is InChI=1S/C25H17Cl2N3O4S/c26-16-7-12-21(20(27)13-16)29-35(33,34)18-10-8-17(9-11-18)28-23(31)14-30-22-6-2-4-15-3-1-5-19(24(15)22)25(30)32/h1-13,29H,14H2,(H,28,31). The molecule has 0 unspecified atom stereocenters. The van der Waals surface area contributed by atoms with Crippen molar-refractivity contribution in [2.45, 2.75) is 4.90 Å². The summed E-state index contributed by atoms with van der Waals surface area (Å²) in [4.78, 5) is 27.0. The molecule has 0 bridgehead atoms. The third kappa shape index (κ3) is 4.43. The monoisotopic (exact) mass is 525 g/mol. The van der Waals surface area contributed by atoms with Gasteiger partial charge in [-0.25, -0.2) is 8.42 Å². The van der Waals surface area contributed by atoms with E-state index in [4.69, 9.17) is 23.2 Å². The van der Waals surface area contributed by atoms with Crippen molar-refractivity contribution in [2.75, 3.05) is 21.5 Å². The summed E-state index contributed by atoms with van der Waals surface area (Å²) >= 11 is 11.9. The van der Waals surface area contributed by atoms with Crippen molar-refractivity contribution in [3.8, 4) is 0 Å². The minimum atomic E-state index is -3.92. The van der Waals surface area contributed by atoms with E-state index >= 15 is 0 Å². The second-order valence-corrected chi connectivity index (χ2v) is 10.4.